The van der Waals surface area contributed by atoms with Gasteiger partial charge in [-0.2, -0.15) is 0 Å². The zero-order chi connectivity index (χ0) is 18.2. The summed E-state index contributed by atoms with van der Waals surface area (Å²) in [4.78, 5) is 22.4. The van der Waals surface area contributed by atoms with Crippen LogP contribution in [0, 0.1) is 0 Å². The lowest BCUT2D eigenvalue weighted by Crippen LogP contribution is -2.56. The van der Waals surface area contributed by atoms with Crippen molar-refractivity contribution < 1.29 is 9.53 Å². The highest BCUT2D eigenvalue weighted by atomic mass is 16.5. The van der Waals surface area contributed by atoms with E-state index in [2.05, 4.69) is 45.2 Å². The van der Waals surface area contributed by atoms with Crippen LogP contribution >= 0.6 is 0 Å². The highest BCUT2D eigenvalue weighted by molar-refractivity contribution is 5.83. The van der Waals surface area contributed by atoms with Crippen molar-refractivity contribution in [3.63, 3.8) is 0 Å². The van der Waals surface area contributed by atoms with Gasteiger partial charge in [0.25, 0.3) is 0 Å². The van der Waals surface area contributed by atoms with Gasteiger partial charge in [-0.05, 0) is 24.5 Å². The van der Waals surface area contributed by atoms with Crippen LogP contribution in [0.25, 0.3) is 10.9 Å². The Bertz CT molecular complexity index is 800. The van der Waals surface area contributed by atoms with Crippen LogP contribution < -0.4 is 0 Å². The van der Waals surface area contributed by atoms with Crippen molar-refractivity contribution in [2.75, 3.05) is 45.9 Å². The van der Waals surface area contributed by atoms with Gasteiger partial charge >= 0.3 is 0 Å². The minimum Gasteiger partial charge on any atom is -0.379 e. The molecule has 1 N–H and O–H groups in total. The molecule has 6 nitrogen and oxygen atoms in total. The molecule has 144 valence electrons. The number of benzene rings is 1. The summed E-state index contributed by atoms with van der Waals surface area (Å²) in [5.74, 6) is 0. The van der Waals surface area contributed by atoms with E-state index in [-0.39, 0.29) is 6.04 Å². The second-order valence-electron chi connectivity index (χ2n) is 8.17. The number of piperazine rings is 1. The number of para-hydroxylation sites is 1. The molecule has 1 aromatic carbocycles. The Morgan fingerprint density at radius 1 is 1.07 bits per heavy atom. The molecule has 0 saturated carbocycles. The first kappa shape index (κ1) is 17.2. The van der Waals surface area contributed by atoms with E-state index < -0.39 is 0 Å². The number of hydrogen-bond acceptors (Lipinski definition) is 4. The molecule has 0 bridgehead atoms. The van der Waals surface area contributed by atoms with E-state index in [1.807, 2.05) is 4.90 Å². The van der Waals surface area contributed by atoms with Gasteiger partial charge in [0.15, 0.2) is 0 Å². The monoisotopic (exact) mass is 368 g/mol. The van der Waals surface area contributed by atoms with Crippen LogP contribution in [-0.2, 0) is 16.0 Å². The Morgan fingerprint density at radius 3 is 2.74 bits per heavy atom. The molecule has 3 aliphatic heterocycles. The van der Waals surface area contributed by atoms with E-state index in [1.54, 1.807) is 0 Å². The van der Waals surface area contributed by atoms with E-state index in [4.69, 9.17) is 4.74 Å². The zero-order valence-corrected chi connectivity index (χ0v) is 15.7. The molecule has 3 atom stereocenters. The van der Waals surface area contributed by atoms with Gasteiger partial charge in [-0.25, -0.2) is 0 Å². The number of nitrogens with zero attached hydrogens (tertiary/aromatic N) is 3. The molecule has 0 radical (unpaired) electrons. The highest BCUT2D eigenvalue weighted by Crippen LogP contribution is 2.30. The van der Waals surface area contributed by atoms with Crippen molar-refractivity contribution in [1.29, 1.82) is 0 Å². The van der Waals surface area contributed by atoms with Crippen molar-refractivity contribution in [2.45, 2.75) is 31.0 Å². The summed E-state index contributed by atoms with van der Waals surface area (Å²) < 4.78 is 5.51. The predicted molar refractivity (Wildman–Crippen MR) is 105 cm³/mol. The molecule has 27 heavy (non-hydrogen) atoms. The third-order valence-electron chi connectivity index (χ3n) is 6.67. The van der Waals surface area contributed by atoms with Gasteiger partial charge in [0, 0.05) is 67.9 Å². The number of ether oxygens (including phenoxy) is 1. The van der Waals surface area contributed by atoms with Gasteiger partial charge in [0.2, 0.25) is 6.41 Å². The van der Waals surface area contributed by atoms with E-state index >= 15 is 0 Å². The second kappa shape index (κ2) is 7.26. The summed E-state index contributed by atoms with van der Waals surface area (Å²) in [6, 6.07) is 9.79. The number of carbonyl (C=O) groups is 1. The van der Waals surface area contributed by atoms with Crippen molar-refractivity contribution >= 4 is 17.3 Å². The normalized spacial score (nSPS) is 29.9. The molecule has 0 aliphatic carbocycles. The topological polar surface area (TPSA) is 51.8 Å². The van der Waals surface area contributed by atoms with Crippen molar-refractivity contribution in [3.05, 3.63) is 36.0 Å². The van der Waals surface area contributed by atoms with Gasteiger partial charge in [0.05, 0.1) is 13.2 Å². The molecule has 0 unspecified atom stereocenters. The van der Waals surface area contributed by atoms with Crippen LogP contribution in [0.5, 0.6) is 0 Å². The smallest absolute Gasteiger partial charge is 0.210 e. The molecular weight excluding hydrogens is 340 g/mol. The number of morpholine rings is 1. The van der Waals surface area contributed by atoms with E-state index in [9.17, 15) is 4.79 Å². The van der Waals surface area contributed by atoms with Gasteiger partial charge in [-0.1, -0.05) is 18.2 Å². The molecule has 0 spiro atoms. The third-order valence-corrected chi connectivity index (χ3v) is 6.67. The maximum Gasteiger partial charge on any atom is 0.210 e. The highest BCUT2D eigenvalue weighted by Gasteiger charge is 2.41. The fraction of sp³-hybridized carbons (Fsp3) is 0.571. The summed E-state index contributed by atoms with van der Waals surface area (Å²) in [5.41, 5.74) is 2.48. The van der Waals surface area contributed by atoms with Gasteiger partial charge in [0.1, 0.15) is 0 Å². The number of amides is 1. The molecule has 6 heteroatoms. The molecule has 3 aliphatic rings. The fourth-order valence-electron chi connectivity index (χ4n) is 5.21. The molecule has 3 fully saturated rings. The number of H-pyrrole nitrogens is 1. The average molecular weight is 368 g/mol. The summed E-state index contributed by atoms with van der Waals surface area (Å²) >= 11 is 0. The summed E-state index contributed by atoms with van der Waals surface area (Å²) in [6.07, 6.45) is 5.26. The first-order valence-electron chi connectivity index (χ1n) is 10.1. The molecular formula is C21H28N4O2. The molecule has 4 heterocycles. The number of nitrogens with one attached hydrogen (secondary N) is 1. The first-order valence-corrected chi connectivity index (χ1v) is 10.1. The van der Waals surface area contributed by atoms with Crippen LogP contribution in [0.4, 0.5) is 0 Å². The Morgan fingerprint density at radius 2 is 1.89 bits per heavy atom. The minimum atomic E-state index is 0.251. The number of hydrogen-bond donors (Lipinski definition) is 1. The third kappa shape index (κ3) is 3.26. The lowest BCUT2D eigenvalue weighted by Gasteiger charge is -2.41. The molecule has 3 saturated heterocycles. The maximum absolute atomic E-state index is 11.8. The van der Waals surface area contributed by atoms with E-state index in [0.717, 1.165) is 58.8 Å². The number of carbonyl (C=O) groups excluding carboxylic acids is 1. The van der Waals surface area contributed by atoms with Crippen molar-refractivity contribution in [1.82, 2.24) is 19.7 Å². The number of aromatic nitrogens is 1. The SMILES string of the molecule is O=CN1C[C@@H]2C[C@@H](N3CCOCC3)CN2C[C@H]1Cc1c[nH]c2ccccc12. The number of fused-ring (bicyclic) bond motifs is 2. The lowest BCUT2D eigenvalue weighted by atomic mass is 10.00. The average Bonchev–Trinajstić information content (AvgIpc) is 3.32. The van der Waals surface area contributed by atoms with Crippen molar-refractivity contribution in [2.24, 2.45) is 0 Å². The summed E-state index contributed by atoms with van der Waals surface area (Å²) in [5, 5.41) is 1.28. The van der Waals surface area contributed by atoms with Crippen molar-refractivity contribution in [3.8, 4) is 0 Å². The Labute approximate surface area is 160 Å². The summed E-state index contributed by atoms with van der Waals surface area (Å²) in [7, 11) is 0. The fourth-order valence-corrected chi connectivity index (χ4v) is 5.21. The molecule has 5 rings (SSSR count). The number of rotatable bonds is 4. The van der Waals surface area contributed by atoms with E-state index in [0.29, 0.717) is 12.1 Å². The number of aromatic amines is 1. The standard InChI is InChI=1S/C21H28N4O2/c26-15-25-14-19-10-18(23-5-7-27-8-6-23)13-24(19)12-17(25)9-16-11-22-21-4-2-1-3-20(16)21/h1-4,11,15,17-19,22H,5-10,12-14H2/t17-,18-,19+/m1/s1. The maximum atomic E-state index is 11.8. The Balaban J connectivity index is 1.30. The van der Waals surface area contributed by atoms with Crippen LogP contribution in [0.3, 0.4) is 0 Å². The Kier molecular flexibility index (Phi) is 4.63. The van der Waals surface area contributed by atoms with Crippen LogP contribution in [0.15, 0.2) is 30.5 Å². The minimum absolute atomic E-state index is 0.251. The van der Waals surface area contributed by atoms with Crippen LogP contribution in [-0.4, -0.2) is 90.2 Å². The van der Waals surface area contributed by atoms with Gasteiger partial charge in [-0.3, -0.25) is 14.6 Å². The second-order valence-corrected chi connectivity index (χ2v) is 8.17. The quantitative estimate of drug-likeness (QED) is 0.828. The van der Waals surface area contributed by atoms with Gasteiger partial charge < -0.3 is 14.6 Å². The zero-order valence-electron chi connectivity index (χ0n) is 15.7. The largest absolute Gasteiger partial charge is 0.379 e. The lowest BCUT2D eigenvalue weighted by molar-refractivity contribution is -0.123. The molecule has 1 amide bonds. The van der Waals surface area contributed by atoms with Gasteiger partial charge in [-0.15, -0.1) is 0 Å². The Hall–Kier alpha value is -1.89. The summed E-state index contributed by atoms with van der Waals surface area (Å²) in [6.45, 7) is 6.75. The first-order chi connectivity index (χ1) is 13.3. The molecule has 2 aromatic rings. The van der Waals surface area contributed by atoms with Crippen LogP contribution in [0.2, 0.25) is 0 Å². The molecule has 1 aromatic heterocycles. The van der Waals surface area contributed by atoms with E-state index in [1.165, 1.54) is 22.9 Å². The van der Waals surface area contributed by atoms with Crippen LogP contribution in [0.1, 0.15) is 12.0 Å². The predicted octanol–water partition coefficient (Wildman–Crippen LogP) is 1.33.